The Morgan fingerprint density at radius 2 is 2.21 bits per heavy atom. The van der Waals surface area contributed by atoms with E-state index in [1.807, 2.05) is 18.2 Å². The average Bonchev–Trinajstić information content (AvgIpc) is 3.13. The molecule has 1 aliphatic heterocycles. The van der Waals surface area contributed by atoms with Crippen molar-refractivity contribution in [3.05, 3.63) is 23.2 Å². The van der Waals surface area contributed by atoms with Crippen LogP contribution in [0.1, 0.15) is 26.7 Å². The number of ether oxygens (including phenoxy) is 1. The van der Waals surface area contributed by atoms with Gasteiger partial charge in [0.25, 0.3) is 0 Å². The first-order valence-corrected chi connectivity index (χ1v) is 10.1. The molecule has 0 spiro atoms. The van der Waals surface area contributed by atoms with Gasteiger partial charge in [-0.25, -0.2) is 4.99 Å². The van der Waals surface area contributed by atoms with Gasteiger partial charge in [-0.2, -0.15) is 0 Å². The Morgan fingerprint density at radius 3 is 2.86 bits per heavy atom. The maximum absolute atomic E-state index is 11.9. The summed E-state index contributed by atoms with van der Waals surface area (Å²) < 4.78 is 5.48. The number of anilines is 1. The predicted octanol–water partition coefficient (Wildman–Crippen LogP) is 2.35. The Labute approximate surface area is 173 Å². The highest BCUT2D eigenvalue weighted by molar-refractivity contribution is 6.30. The first-order chi connectivity index (χ1) is 13.3. The Balaban J connectivity index is 2.06. The Bertz CT molecular complexity index is 695. The highest BCUT2D eigenvalue weighted by Gasteiger charge is 2.26. The van der Waals surface area contributed by atoms with E-state index in [0.717, 1.165) is 37.4 Å². The van der Waals surface area contributed by atoms with E-state index in [1.165, 1.54) is 0 Å². The highest BCUT2D eigenvalue weighted by Crippen LogP contribution is 2.33. The molecule has 1 aliphatic rings. The van der Waals surface area contributed by atoms with E-state index in [0.29, 0.717) is 11.0 Å². The molecule has 2 N–H and O–H groups in total. The van der Waals surface area contributed by atoms with Gasteiger partial charge in [-0.05, 0) is 38.0 Å². The summed E-state index contributed by atoms with van der Waals surface area (Å²) in [5.41, 5.74) is 0.996. The fraction of sp³-hybridized carbons (Fsp3) is 0.600. The second-order valence-corrected chi connectivity index (χ2v) is 7.74. The smallest absolute Gasteiger partial charge is 0.243 e. The summed E-state index contributed by atoms with van der Waals surface area (Å²) in [4.78, 5) is 20.2. The van der Waals surface area contributed by atoms with E-state index in [9.17, 15) is 4.79 Å². The van der Waals surface area contributed by atoms with Crippen LogP contribution in [0.4, 0.5) is 5.69 Å². The maximum atomic E-state index is 11.9. The molecule has 1 fully saturated rings. The topological polar surface area (TPSA) is 69.2 Å². The van der Waals surface area contributed by atoms with Gasteiger partial charge in [-0.15, -0.1) is 0 Å². The van der Waals surface area contributed by atoms with Gasteiger partial charge >= 0.3 is 0 Å². The molecular formula is C20H32ClN5O2. The van der Waals surface area contributed by atoms with Gasteiger partial charge in [0.05, 0.1) is 12.8 Å². The lowest BCUT2D eigenvalue weighted by Gasteiger charge is -2.23. The summed E-state index contributed by atoms with van der Waals surface area (Å²) in [6.07, 6.45) is 1.93. The van der Waals surface area contributed by atoms with E-state index >= 15 is 0 Å². The summed E-state index contributed by atoms with van der Waals surface area (Å²) in [5, 5.41) is 7.55. The highest BCUT2D eigenvalue weighted by atomic mass is 35.5. The summed E-state index contributed by atoms with van der Waals surface area (Å²) in [6, 6.07) is 6.14. The second kappa shape index (κ2) is 10.4. The van der Waals surface area contributed by atoms with Crippen molar-refractivity contribution >= 4 is 29.2 Å². The third-order valence-corrected chi connectivity index (χ3v) is 5.11. The molecule has 0 bridgehead atoms. The summed E-state index contributed by atoms with van der Waals surface area (Å²) in [6.45, 7) is 6.03. The number of methoxy groups -OCH3 is 1. The normalized spacial score (nSPS) is 18.0. The number of nitrogens with zero attached hydrogens (tertiary/aromatic N) is 3. The number of hydrogen-bond donors (Lipinski definition) is 2. The van der Waals surface area contributed by atoms with Crippen molar-refractivity contribution in [2.75, 3.05) is 45.7 Å². The first kappa shape index (κ1) is 22.1. The molecule has 1 saturated heterocycles. The predicted molar refractivity (Wildman–Crippen MR) is 116 cm³/mol. The van der Waals surface area contributed by atoms with Crippen molar-refractivity contribution in [3.63, 3.8) is 0 Å². The molecule has 2 rings (SSSR count). The van der Waals surface area contributed by atoms with Crippen molar-refractivity contribution < 1.29 is 9.53 Å². The molecule has 0 aromatic heterocycles. The maximum Gasteiger partial charge on any atom is 0.243 e. The minimum Gasteiger partial charge on any atom is -0.495 e. The standard InChI is InChI=1S/C20H32ClN5O2/c1-6-14(2)23-20(22-12-19(27)25(3)4)24-16-9-10-26(13-16)17-11-15(21)7-8-18(17)28-5/h7-8,11,14,16H,6,9-10,12-13H2,1-5H3,(H2,22,23,24). The number of carbonyl (C=O) groups is 1. The van der Waals surface area contributed by atoms with Crippen molar-refractivity contribution in [1.29, 1.82) is 0 Å². The van der Waals surface area contributed by atoms with Gasteiger partial charge in [0.2, 0.25) is 5.91 Å². The van der Waals surface area contributed by atoms with Crippen LogP contribution in [-0.4, -0.2) is 69.7 Å². The van der Waals surface area contributed by atoms with Crippen LogP contribution in [0.5, 0.6) is 5.75 Å². The number of likely N-dealkylation sites (N-methyl/N-ethyl adjacent to an activating group) is 1. The molecule has 0 aliphatic carbocycles. The zero-order valence-electron chi connectivity index (χ0n) is 17.5. The average molecular weight is 410 g/mol. The summed E-state index contributed by atoms with van der Waals surface area (Å²) in [5.74, 6) is 1.46. The summed E-state index contributed by atoms with van der Waals surface area (Å²) in [7, 11) is 5.14. The second-order valence-electron chi connectivity index (χ2n) is 7.30. The fourth-order valence-corrected chi connectivity index (χ4v) is 3.12. The van der Waals surface area contributed by atoms with Crippen LogP contribution in [-0.2, 0) is 4.79 Å². The molecule has 156 valence electrons. The largest absolute Gasteiger partial charge is 0.495 e. The lowest BCUT2D eigenvalue weighted by Crippen LogP contribution is -2.48. The van der Waals surface area contributed by atoms with E-state index in [4.69, 9.17) is 16.3 Å². The molecule has 0 radical (unpaired) electrons. The number of aliphatic imine (C=N–C) groups is 1. The number of carbonyl (C=O) groups excluding carboxylic acids is 1. The van der Waals surface area contributed by atoms with Gasteiger partial charge in [-0.3, -0.25) is 4.79 Å². The molecule has 1 aromatic rings. The van der Waals surface area contributed by atoms with Crippen molar-refractivity contribution in [2.45, 2.75) is 38.8 Å². The molecule has 8 heteroatoms. The lowest BCUT2D eigenvalue weighted by atomic mass is 10.2. The van der Waals surface area contributed by atoms with Crippen LogP contribution in [0.3, 0.4) is 0 Å². The third-order valence-electron chi connectivity index (χ3n) is 4.88. The number of rotatable bonds is 7. The van der Waals surface area contributed by atoms with Crippen LogP contribution >= 0.6 is 11.6 Å². The minimum absolute atomic E-state index is 0.0260. The van der Waals surface area contributed by atoms with Crippen molar-refractivity contribution in [3.8, 4) is 5.75 Å². The molecule has 1 aromatic carbocycles. The third kappa shape index (κ3) is 6.19. The fourth-order valence-electron chi connectivity index (χ4n) is 2.96. The van der Waals surface area contributed by atoms with Crippen LogP contribution in [0.25, 0.3) is 0 Å². The van der Waals surface area contributed by atoms with E-state index in [2.05, 4.69) is 34.4 Å². The number of guanidine groups is 1. The monoisotopic (exact) mass is 409 g/mol. The van der Waals surface area contributed by atoms with Crippen LogP contribution in [0.15, 0.2) is 23.2 Å². The van der Waals surface area contributed by atoms with Gasteiger partial charge in [-0.1, -0.05) is 18.5 Å². The molecule has 1 heterocycles. The van der Waals surface area contributed by atoms with Gasteiger partial charge in [0, 0.05) is 44.3 Å². The number of benzene rings is 1. The Hall–Kier alpha value is -2.15. The number of amides is 1. The van der Waals surface area contributed by atoms with Crippen molar-refractivity contribution in [2.24, 2.45) is 4.99 Å². The zero-order chi connectivity index (χ0) is 20.7. The number of hydrogen-bond acceptors (Lipinski definition) is 4. The molecular weight excluding hydrogens is 378 g/mol. The first-order valence-electron chi connectivity index (χ1n) is 9.70. The van der Waals surface area contributed by atoms with Crippen LogP contribution < -0.4 is 20.3 Å². The number of nitrogens with one attached hydrogen (secondary N) is 2. The van der Waals surface area contributed by atoms with E-state index in [1.54, 1.807) is 26.1 Å². The van der Waals surface area contributed by atoms with E-state index < -0.39 is 0 Å². The zero-order valence-corrected chi connectivity index (χ0v) is 18.2. The van der Waals surface area contributed by atoms with Crippen LogP contribution in [0.2, 0.25) is 5.02 Å². The molecule has 1 amide bonds. The Kier molecular flexibility index (Phi) is 8.23. The number of halogens is 1. The lowest BCUT2D eigenvalue weighted by molar-refractivity contribution is -0.127. The minimum atomic E-state index is -0.0260. The molecule has 2 atom stereocenters. The Morgan fingerprint density at radius 1 is 1.46 bits per heavy atom. The van der Waals surface area contributed by atoms with Gasteiger partial charge < -0.3 is 25.2 Å². The van der Waals surface area contributed by atoms with Gasteiger partial charge in [0.15, 0.2) is 5.96 Å². The molecule has 28 heavy (non-hydrogen) atoms. The molecule has 7 nitrogen and oxygen atoms in total. The van der Waals surface area contributed by atoms with Crippen LogP contribution in [0, 0.1) is 0 Å². The van der Waals surface area contributed by atoms with Gasteiger partial charge in [0.1, 0.15) is 12.3 Å². The van der Waals surface area contributed by atoms with E-state index in [-0.39, 0.29) is 24.5 Å². The van der Waals surface area contributed by atoms with Crippen molar-refractivity contribution in [1.82, 2.24) is 15.5 Å². The SMILES string of the molecule is CCC(C)NC(=NCC(=O)N(C)C)NC1CCN(c2cc(Cl)ccc2OC)C1. The summed E-state index contributed by atoms with van der Waals surface area (Å²) >= 11 is 6.18. The molecule has 0 saturated carbocycles. The molecule has 2 unspecified atom stereocenters. The quantitative estimate of drug-likeness (QED) is 0.534.